The van der Waals surface area contributed by atoms with Crippen LogP contribution in [0.3, 0.4) is 0 Å². The van der Waals surface area contributed by atoms with Crippen molar-refractivity contribution >= 4 is 41.4 Å². The van der Waals surface area contributed by atoms with E-state index in [1.54, 1.807) is 6.92 Å². The number of primary amides is 1. The highest BCUT2D eigenvalue weighted by atomic mass is 16.3. The van der Waals surface area contributed by atoms with E-state index in [0.717, 1.165) is 25.7 Å². The van der Waals surface area contributed by atoms with Crippen molar-refractivity contribution in [1.82, 2.24) is 31.5 Å². The second-order valence-corrected chi connectivity index (χ2v) is 12.5. The predicted octanol–water partition coefficient (Wildman–Crippen LogP) is -0.901. The molecule has 0 radical (unpaired) electrons. The summed E-state index contributed by atoms with van der Waals surface area (Å²) < 4.78 is 0. The Morgan fingerprint density at radius 2 is 1.57 bits per heavy atom. The highest BCUT2D eigenvalue weighted by molar-refractivity contribution is 5.97. The molecular formula is C31H53N7O8. The first-order chi connectivity index (χ1) is 21.8. The van der Waals surface area contributed by atoms with Crippen molar-refractivity contribution in [3.8, 4) is 0 Å². The van der Waals surface area contributed by atoms with Gasteiger partial charge in [-0.05, 0) is 40.0 Å². The Bertz CT molecular complexity index is 1100. The molecule has 0 aliphatic carbocycles. The standard InChI is InChI=1S/C31H53N7O8/c1-5-6-7-8-9-10-11-14-25(41)38-15-12-13-23(38)30(45)37-26(20(4)39)31(46)35-19(3)27(42)36-22(16-24(32)40)29(44)34-18(2)21-17-33-28(21)43/h18-23,26,39H,5-17H2,1-4H3,(H2,32,40)(H,33,43)(H,34,44)(H,35,46)(H,36,42)(H,37,45)/t18-,19-,20+,21-,22-,23-,26-/m0/s1. The molecule has 2 aliphatic rings. The van der Waals surface area contributed by atoms with Gasteiger partial charge in [-0.25, -0.2) is 0 Å². The molecule has 0 aromatic carbocycles. The summed E-state index contributed by atoms with van der Waals surface area (Å²) in [6, 6.07) is -5.37. The van der Waals surface area contributed by atoms with E-state index in [1.807, 2.05) is 0 Å². The van der Waals surface area contributed by atoms with Gasteiger partial charge in [-0.2, -0.15) is 0 Å². The van der Waals surface area contributed by atoms with Crippen LogP contribution in [0.5, 0.6) is 0 Å². The average molecular weight is 652 g/mol. The maximum Gasteiger partial charge on any atom is 0.245 e. The normalized spacial score (nSPS) is 20.6. The number of nitrogens with one attached hydrogen (secondary N) is 5. The molecular weight excluding hydrogens is 598 g/mol. The van der Waals surface area contributed by atoms with E-state index < -0.39 is 78.2 Å². The lowest BCUT2D eigenvalue weighted by Gasteiger charge is -2.32. The molecule has 0 aromatic rings. The number of nitrogens with two attached hydrogens (primary N) is 1. The van der Waals surface area contributed by atoms with Crippen LogP contribution in [0, 0.1) is 5.92 Å². The molecule has 0 saturated carbocycles. The van der Waals surface area contributed by atoms with Crippen LogP contribution in [-0.2, 0) is 33.6 Å². The summed E-state index contributed by atoms with van der Waals surface area (Å²) in [6.45, 7) is 7.23. The van der Waals surface area contributed by atoms with Crippen molar-refractivity contribution in [3.63, 3.8) is 0 Å². The van der Waals surface area contributed by atoms with Crippen LogP contribution in [0.25, 0.3) is 0 Å². The molecule has 0 bridgehead atoms. The maximum absolute atomic E-state index is 13.2. The maximum atomic E-state index is 13.2. The van der Waals surface area contributed by atoms with Gasteiger partial charge in [-0.3, -0.25) is 33.6 Å². The molecule has 2 fully saturated rings. The van der Waals surface area contributed by atoms with E-state index in [1.165, 1.54) is 38.0 Å². The smallest absolute Gasteiger partial charge is 0.245 e. The molecule has 2 aliphatic heterocycles. The van der Waals surface area contributed by atoms with Gasteiger partial charge in [0.25, 0.3) is 0 Å². The molecule has 260 valence electrons. The molecule has 2 rings (SSSR count). The van der Waals surface area contributed by atoms with Gasteiger partial charge in [0, 0.05) is 25.6 Å². The number of rotatable bonds is 20. The Morgan fingerprint density at radius 3 is 2.13 bits per heavy atom. The minimum atomic E-state index is -1.43. The summed E-state index contributed by atoms with van der Waals surface area (Å²) in [4.78, 5) is 89.6. The number of likely N-dealkylation sites (tertiary alicyclic amines) is 1. The van der Waals surface area contributed by atoms with Gasteiger partial charge in [0.15, 0.2) is 0 Å². The van der Waals surface area contributed by atoms with Crippen LogP contribution >= 0.6 is 0 Å². The number of unbranched alkanes of at least 4 members (excludes halogenated alkanes) is 6. The van der Waals surface area contributed by atoms with Gasteiger partial charge in [0.05, 0.1) is 18.4 Å². The minimum Gasteiger partial charge on any atom is -0.391 e. The second-order valence-electron chi connectivity index (χ2n) is 12.5. The third kappa shape index (κ3) is 11.9. The van der Waals surface area contributed by atoms with Crippen LogP contribution in [-0.4, -0.2) is 101 Å². The van der Waals surface area contributed by atoms with E-state index >= 15 is 0 Å². The lowest BCUT2D eigenvalue weighted by atomic mass is 9.94. The third-order valence-corrected chi connectivity index (χ3v) is 8.53. The zero-order valence-corrected chi connectivity index (χ0v) is 27.6. The molecule has 0 spiro atoms. The summed E-state index contributed by atoms with van der Waals surface area (Å²) in [7, 11) is 0. The molecule has 15 nitrogen and oxygen atoms in total. The number of aliphatic hydroxyl groups is 1. The lowest BCUT2D eigenvalue weighted by molar-refractivity contribution is -0.140. The molecule has 7 amide bonds. The number of hydrogen-bond donors (Lipinski definition) is 7. The number of amides is 7. The zero-order valence-electron chi connectivity index (χ0n) is 27.6. The Kier molecular flexibility index (Phi) is 15.9. The number of carbonyl (C=O) groups excluding carboxylic acids is 7. The lowest BCUT2D eigenvalue weighted by Crippen LogP contribution is -2.61. The fourth-order valence-corrected chi connectivity index (χ4v) is 5.58. The largest absolute Gasteiger partial charge is 0.391 e. The van der Waals surface area contributed by atoms with E-state index in [9.17, 15) is 38.7 Å². The summed E-state index contributed by atoms with van der Waals surface area (Å²) in [6.07, 6.45) is 7.01. The monoisotopic (exact) mass is 651 g/mol. The summed E-state index contributed by atoms with van der Waals surface area (Å²) in [5.74, 6) is -4.62. The highest BCUT2D eigenvalue weighted by Crippen LogP contribution is 2.20. The zero-order chi connectivity index (χ0) is 34.4. The number of aliphatic hydroxyl groups excluding tert-OH is 1. The van der Waals surface area contributed by atoms with E-state index in [-0.39, 0.29) is 11.8 Å². The average Bonchev–Trinajstić information content (AvgIpc) is 3.48. The fourth-order valence-electron chi connectivity index (χ4n) is 5.58. The van der Waals surface area contributed by atoms with Crippen LogP contribution in [0.4, 0.5) is 0 Å². The molecule has 0 aromatic heterocycles. The Hall–Kier alpha value is -3.75. The Morgan fingerprint density at radius 1 is 0.913 bits per heavy atom. The van der Waals surface area contributed by atoms with Crippen molar-refractivity contribution < 1.29 is 38.7 Å². The van der Waals surface area contributed by atoms with Crippen molar-refractivity contribution in [3.05, 3.63) is 0 Å². The van der Waals surface area contributed by atoms with Gasteiger partial charge in [-0.15, -0.1) is 0 Å². The van der Waals surface area contributed by atoms with Crippen LogP contribution in [0.2, 0.25) is 0 Å². The van der Waals surface area contributed by atoms with Crippen LogP contribution in [0.1, 0.15) is 98.3 Å². The van der Waals surface area contributed by atoms with Crippen molar-refractivity contribution in [2.24, 2.45) is 11.7 Å². The first-order valence-electron chi connectivity index (χ1n) is 16.5. The summed E-state index contributed by atoms with van der Waals surface area (Å²) >= 11 is 0. The van der Waals surface area contributed by atoms with E-state index in [0.29, 0.717) is 32.4 Å². The molecule has 7 atom stereocenters. The summed E-state index contributed by atoms with van der Waals surface area (Å²) in [5.41, 5.74) is 5.27. The second kappa shape index (κ2) is 19.0. The van der Waals surface area contributed by atoms with E-state index in [2.05, 4.69) is 33.5 Å². The van der Waals surface area contributed by atoms with Crippen LogP contribution < -0.4 is 32.3 Å². The van der Waals surface area contributed by atoms with Gasteiger partial charge in [0.2, 0.25) is 41.4 Å². The molecule has 15 heteroatoms. The molecule has 2 saturated heterocycles. The molecule has 0 unspecified atom stereocenters. The number of carbonyl (C=O) groups is 7. The van der Waals surface area contributed by atoms with Crippen LogP contribution in [0.15, 0.2) is 0 Å². The van der Waals surface area contributed by atoms with Gasteiger partial charge < -0.3 is 42.3 Å². The Balaban J connectivity index is 1.92. The SMILES string of the molecule is CCCCCCCCCC(=O)N1CCC[C@H]1C(=O)N[C@H](C(=O)N[C@@H](C)C(=O)N[C@@H](CC(N)=O)C(=O)N[C@@H](C)[C@@H]1CNC1=O)[C@@H](C)O. The number of nitrogens with zero attached hydrogens (tertiary/aromatic N) is 1. The first kappa shape index (κ1) is 38.4. The number of hydrogen-bond acceptors (Lipinski definition) is 8. The van der Waals surface area contributed by atoms with Gasteiger partial charge in [-0.1, -0.05) is 45.4 Å². The fraction of sp³-hybridized carbons (Fsp3) is 0.774. The molecule has 46 heavy (non-hydrogen) atoms. The van der Waals surface area contributed by atoms with Gasteiger partial charge >= 0.3 is 0 Å². The third-order valence-electron chi connectivity index (χ3n) is 8.53. The topological polar surface area (TPSA) is 229 Å². The Labute approximate surface area is 270 Å². The molecule has 8 N–H and O–H groups in total. The van der Waals surface area contributed by atoms with Crippen molar-refractivity contribution in [2.45, 2.75) is 135 Å². The highest BCUT2D eigenvalue weighted by Gasteiger charge is 2.38. The summed E-state index contributed by atoms with van der Waals surface area (Å²) in [5, 5.41) is 22.8. The van der Waals surface area contributed by atoms with Gasteiger partial charge in [0.1, 0.15) is 24.2 Å². The number of β-lactam (4-membered cyclic amide) rings is 1. The minimum absolute atomic E-state index is 0.116. The first-order valence-corrected chi connectivity index (χ1v) is 16.5. The molecule has 2 heterocycles. The van der Waals surface area contributed by atoms with E-state index in [4.69, 9.17) is 5.73 Å². The quantitative estimate of drug-likeness (QED) is 0.0643. The van der Waals surface area contributed by atoms with Crippen molar-refractivity contribution in [2.75, 3.05) is 13.1 Å². The predicted molar refractivity (Wildman–Crippen MR) is 168 cm³/mol. The van der Waals surface area contributed by atoms with Crippen molar-refractivity contribution in [1.29, 1.82) is 0 Å².